The van der Waals surface area contributed by atoms with Gasteiger partial charge in [-0.3, -0.25) is 14.7 Å². The number of hydrogen-bond acceptors (Lipinski definition) is 3. The maximum atomic E-state index is 13.1. The lowest BCUT2D eigenvalue weighted by Gasteiger charge is -2.35. The Kier molecular flexibility index (Phi) is 5.66. The van der Waals surface area contributed by atoms with Gasteiger partial charge in [-0.25, -0.2) is 0 Å². The molecule has 1 amide bonds. The summed E-state index contributed by atoms with van der Waals surface area (Å²) in [5, 5.41) is 1.30. The summed E-state index contributed by atoms with van der Waals surface area (Å²) < 4.78 is 38.1. The number of carbonyl (C=O) groups excluding carboxylic acids is 1. The first kappa shape index (κ1) is 20.6. The van der Waals surface area contributed by atoms with Crippen molar-refractivity contribution in [1.82, 2.24) is 14.8 Å². The van der Waals surface area contributed by atoms with Crippen molar-refractivity contribution in [3.8, 4) is 0 Å². The number of pyridine rings is 1. The quantitative estimate of drug-likeness (QED) is 0.591. The Morgan fingerprint density at radius 1 is 1.03 bits per heavy atom. The number of carbonyl (C=O) groups is 1. The highest BCUT2D eigenvalue weighted by atomic mass is 35.5. The van der Waals surface area contributed by atoms with Crippen LogP contribution in [0.2, 0.25) is 5.02 Å². The van der Waals surface area contributed by atoms with E-state index in [-0.39, 0.29) is 5.91 Å². The van der Waals surface area contributed by atoms with Gasteiger partial charge in [0.25, 0.3) is 5.91 Å². The monoisotopic (exact) mass is 433 g/mol. The number of piperazine rings is 1. The summed E-state index contributed by atoms with van der Waals surface area (Å²) in [4.78, 5) is 21.3. The van der Waals surface area contributed by atoms with Crippen LogP contribution in [0.3, 0.4) is 0 Å². The van der Waals surface area contributed by atoms with Gasteiger partial charge in [0.2, 0.25) is 0 Å². The summed E-state index contributed by atoms with van der Waals surface area (Å²) >= 11 is 6.18. The summed E-state index contributed by atoms with van der Waals surface area (Å²) in [5.41, 5.74) is 1.27. The lowest BCUT2D eigenvalue weighted by molar-refractivity contribution is -0.137. The number of benzene rings is 2. The topological polar surface area (TPSA) is 36.4 Å². The third-order valence-electron chi connectivity index (χ3n) is 5.25. The van der Waals surface area contributed by atoms with Crippen molar-refractivity contribution in [2.45, 2.75) is 12.7 Å². The second kappa shape index (κ2) is 8.24. The van der Waals surface area contributed by atoms with E-state index >= 15 is 0 Å². The van der Waals surface area contributed by atoms with Crippen molar-refractivity contribution in [3.05, 3.63) is 76.4 Å². The van der Waals surface area contributed by atoms with Gasteiger partial charge >= 0.3 is 6.18 Å². The third kappa shape index (κ3) is 4.42. The van der Waals surface area contributed by atoms with Crippen molar-refractivity contribution >= 4 is 28.4 Å². The molecule has 4 rings (SSSR count). The van der Waals surface area contributed by atoms with Crippen LogP contribution in [-0.2, 0) is 12.7 Å². The van der Waals surface area contributed by atoms with Gasteiger partial charge in [0, 0.05) is 49.3 Å². The minimum Gasteiger partial charge on any atom is -0.336 e. The Bertz CT molecular complexity index is 1060. The van der Waals surface area contributed by atoms with Crippen LogP contribution >= 0.6 is 11.6 Å². The number of amides is 1. The molecule has 30 heavy (non-hydrogen) atoms. The van der Waals surface area contributed by atoms with Crippen LogP contribution in [0.25, 0.3) is 10.9 Å². The average Bonchev–Trinajstić information content (AvgIpc) is 2.73. The number of aromatic nitrogens is 1. The van der Waals surface area contributed by atoms with Gasteiger partial charge in [-0.15, -0.1) is 0 Å². The van der Waals surface area contributed by atoms with E-state index in [1.807, 2.05) is 6.07 Å². The lowest BCUT2D eigenvalue weighted by atomic mass is 10.1. The van der Waals surface area contributed by atoms with Crippen molar-refractivity contribution in [2.24, 2.45) is 0 Å². The van der Waals surface area contributed by atoms with Crippen LogP contribution in [0, 0.1) is 0 Å². The SMILES string of the molecule is O=C(c1cc(Cl)cc2cccnc12)N1CCN(Cc2ccc(C(F)(F)F)cc2)CC1. The standard InChI is InChI=1S/C22H19ClF3N3O/c23-18-12-16-2-1-7-27-20(16)19(13-18)21(30)29-10-8-28(9-11-29)14-15-3-5-17(6-4-15)22(24,25)26/h1-7,12-13H,8-11,14H2. The fourth-order valence-electron chi connectivity index (χ4n) is 3.66. The minimum absolute atomic E-state index is 0.115. The first-order chi connectivity index (χ1) is 14.3. The Balaban J connectivity index is 1.41. The van der Waals surface area contributed by atoms with Crippen LogP contribution in [-0.4, -0.2) is 46.9 Å². The number of hydrogen-bond donors (Lipinski definition) is 0. The Labute approximate surface area is 176 Å². The Hall–Kier alpha value is -2.64. The number of rotatable bonds is 3. The molecule has 1 saturated heterocycles. The van der Waals surface area contributed by atoms with Crippen LogP contribution in [0.5, 0.6) is 0 Å². The third-order valence-corrected chi connectivity index (χ3v) is 5.47. The first-order valence-electron chi connectivity index (χ1n) is 9.53. The number of fused-ring (bicyclic) bond motifs is 1. The maximum absolute atomic E-state index is 13.1. The molecule has 0 saturated carbocycles. The zero-order valence-electron chi connectivity index (χ0n) is 16.0. The fourth-order valence-corrected chi connectivity index (χ4v) is 3.88. The zero-order valence-corrected chi connectivity index (χ0v) is 16.7. The van der Waals surface area contributed by atoms with E-state index in [0.29, 0.717) is 48.8 Å². The van der Waals surface area contributed by atoms with E-state index in [9.17, 15) is 18.0 Å². The van der Waals surface area contributed by atoms with Gasteiger partial charge in [-0.1, -0.05) is 29.8 Å². The number of halogens is 4. The van der Waals surface area contributed by atoms with Gasteiger partial charge in [0.15, 0.2) is 0 Å². The van der Waals surface area contributed by atoms with Crippen LogP contribution in [0.1, 0.15) is 21.5 Å². The molecule has 0 spiro atoms. The van der Waals surface area contributed by atoms with Crippen molar-refractivity contribution in [1.29, 1.82) is 0 Å². The van der Waals surface area contributed by atoms with Crippen LogP contribution in [0.4, 0.5) is 13.2 Å². The molecule has 1 aliphatic rings. The average molecular weight is 434 g/mol. The molecule has 0 aliphatic carbocycles. The van der Waals surface area contributed by atoms with Gasteiger partial charge in [0.1, 0.15) is 0 Å². The van der Waals surface area contributed by atoms with E-state index in [2.05, 4.69) is 9.88 Å². The van der Waals surface area contributed by atoms with E-state index < -0.39 is 11.7 Å². The predicted molar refractivity (Wildman–Crippen MR) is 109 cm³/mol. The molecule has 1 aliphatic heterocycles. The van der Waals surface area contributed by atoms with E-state index in [1.165, 1.54) is 12.1 Å². The highest BCUT2D eigenvalue weighted by Crippen LogP contribution is 2.29. The molecule has 156 valence electrons. The van der Waals surface area contributed by atoms with E-state index in [1.54, 1.807) is 29.3 Å². The van der Waals surface area contributed by atoms with Crippen molar-refractivity contribution < 1.29 is 18.0 Å². The molecule has 0 unspecified atom stereocenters. The van der Waals surface area contributed by atoms with Crippen molar-refractivity contribution in [3.63, 3.8) is 0 Å². The minimum atomic E-state index is -4.33. The van der Waals surface area contributed by atoms with E-state index in [4.69, 9.17) is 11.6 Å². The molecule has 8 heteroatoms. The second-order valence-corrected chi connectivity index (χ2v) is 7.73. The lowest BCUT2D eigenvalue weighted by Crippen LogP contribution is -2.48. The van der Waals surface area contributed by atoms with Gasteiger partial charge < -0.3 is 4.90 Å². The maximum Gasteiger partial charge on any atom is 0.416 e. The molecule has 2 heterocycles. The van der Waals surface area contributed by atoms with Crippen LogP contribution in [0.15, 0.2) is 54.7 Å². The molecular weight excluding hydrogens is 415 g/mol. The smallest absolute Gasteiger partial charge is 0.336 e. The molecule has 0 radical (unpaired) electrons. The van der Waals surface area contributed by atoms with Gasteiger partial charge in [-0.05, 0) is 35.9 Å². The highest BCUT2D eigenvalue weighted by Gasteiger charge is 2.30. The normalized spacial score (nSPS) is 15.5. The van der Waals surface area contributed by atoms with Crippen LogP contribution < -0.4 is 0 Å². The van der Waals surface area contributed by atoms with Gasteiger partial charge in [-0.2, -0.15) is 13.2 Å². The molecule has 2 aromatic carbocycles. The first-order valence-corrected chi connectivity index (χ1v) is 9.91. The molecule has 0 atom stereocenters. The summed E-state index contributed by atoms with van der Waals surface area (Å²) in [6, 6.07) is 12.3. The summed E-state index contributed by atoms with van der Waals surface area (Å²) in [7, 11) is 0. The Morgan fingerprint density at radius 2 is 1.73 bits per heavy atom. The molecule has 1 fully saturated rings. The molecule has 0 N–H and O–H groups in total. The summed E-state index contributed by atoms with van der Waals surface area (Å²) in [6.45, 7) is 2.87. The number of nitrogens with zero attached hydrogens (tertiary/aromatic N) is 3. The van der Waals surface area contributed by atoms with Gasteiger partial charge in [0.05, 0.1) is 16.6 Å². The second-order valence-electron chi connectivity index (χ2n) is 7.29. The van der Waals surface area contributed by atoms with E-state index in [0.717, 1.165) is 23.1 Å². The summed E-state index contributed by atoms with van der Waals surface area (Å²) in [6.07, 6.45) is -2.68. The Morgan fingerprint density at radius 3 is 2.40 bits per heavy atom. The fraction of sp³-hybridized carbons (Fsp3) is 0.273. The number of alkyl halides is 3. The summed E-state index contributed by atoms with van der Waals surface area (Å²) in [5.74, 6) is -0.115. The molecule has 0 bridgehead atoms. The zero-order chi connectivity index (χ0) is 21.3. The molecule has 4 nitrogen and oxygen atoms in total. The largest absolute Gasteiger partial charge is 0.416 e. The van der Waals surface area contributed by atoms with Crippen molar-refractivity contribution in [2.75, 3.05) is 26.2 Å². The molecular formula is C22H19ClF3N3O. The molecule has 1 aromatic heterocycles. The highest BCUT2D eigenvalue weighted by molar-refractivity contribution is 6.32. The predicted octanol–water partition coefficient (Wildman–Crippen LogP) is 4.87. The molecule has 3 aromatic rings.